The number of nitrogens with zero attached hydrogens (tertiary/aromatic N) is 2. The molecule has 1 aliphatic rings. The van der Waals surface area contributed by atoms with Gasteiger partial charge in [-0.25, -0.2) is 4.68 Å². The molecular weight excluding hydrogens is 306 g/mol. The molecule has 1 saturated carbocycles. The Kier molecular flexibility index (Phi) is 4.94. The van der Waals surface area contributed by atoms with Crippen molar-refractivity contribution in [2.24, 2.45) is 5.92 Å². The largest absolute Gasteiger partial charge is 0.396 e. The van der Waals surface area contributed by atoms with Crippen molar-refractivity contribution in [1.29, 1.82) is 0 Å². The minimum Gasteiger partial charge on any atom is -0.396 e. The fourth-order valence-corrected chi connectivity index (χ4v) is 3.52. The topological polar surface area (TPSA) is 84.2 Å². The highest BCUT2D eigenvalue weighted by molar-refractivity contribution is 5.83. The summed E-state index contributed by atoms with van der Waals surface area (Å²) < 4.78 is 1.23. The summed E-state index contributed by atoms with van der Waals surface area (Å²) in [4.78, 5) is 24.9. The second-order valence-corrected chi connectivity index (χ2v) is 6.49. The summed E-state index contributed by atoms with van der Waals surface area (Å²) in [6, 6.07) is 7.27. The van der Waals surface area contributed by atoms with Gasteiger partial charge in [0.2, 0.25) is 5.91 Å². The van der Waals surface area contributed by atoms with E-state index in [1.807, 2.05) is 25.1 Å². The van der Waals surface area contributed by atoms with Crippen LogP contribution in [0.25, 0.3) is 10.8 Å². The zero-order chi connectivity index (χ0) is 17.1. The van der Waals surface area contributed by atoms with Crippen molar-refractivity contribution in [3.63, 3.8) is 0 Å². The number of benzene rings is 1. The average molecular weight is 329 g/mol. The van der Waals surface area contributed by atoms with Gasteiger partial charge in [0.05, 0.1) is 11.1 Å². The molecular formula is C18H23N3O3. The SMILES string of the molecule is Cc1nn(CC(=O)NC2CCCCC2CO)c(=O)c2ccccc12. The van der Waals surface area contributed by atoms with Gasteiger partial charge in [0.1, 0.15) is 6.54 Å². The first-order valence-electron chi connectivity index (χ1n) is 8.47. The molecule has 1 aromatic carbocycles. The quantitative estimate of drug-likeness (QED) is 0.887. The second kappa shape index (κ2) is 7.13. The number of carbonyl (C=O) groups is 1. The Morgan fingerprint density at radius 3 is 2.75 bits per heavy atom. The Balaban J connectivity index is 1.78. The first-order valence-corrected chi connectivity index (χ1v) is 8.47. The Hall–Kier alpha value is -2.21. The van der Waals surface area contributed by atoms with Crippen molar-refractivity contribution >= 4 is 16.7 Å². The van der Waals surface area contributed by atoms with Gasteiger partial charge in [-0.1, -0.05) is 31.0 Å². The Morgan fingerprint density at radius 2 is 2.00 bits per heavy atom. The van der Waals surface area contributed by atoms with Gasteiger partial charge in [0.25, 0.3) is 5.56 Å². The number of aryl methyl sites for hydroxylation is 1. The molecule has 1 aromatic heterocycles. The number of hydrogen-bond donors (Lipinski definition) is 2. The standard InChI is InChI=1S/C18H23N3O3/c1-12-14-7-3-4-8-15(14)18(24)21(20-12)10-17(23)19-16-9-5-2-6-13(16)11-22/h3-4,7-8,13,16,22H,2,5-6,9-11H2,1H3,(H,19,23). The number of aromatic nitrogens is 2. The van der Waals surface area contributed by atoms with Crippen LogP contribution in [0.4, 0.5) is 0 Å². The summed E-state index contributed by atoms with van der Waals surface area (Å²) in [7, 11) is 0. The number of aliphatic hydroxyl groups excluding tert-OH is 1. The highest BCUT2D eigenvalue weighted by Crippen LogP contribution is 2.23. The van der Waals surface area contributed by atoms with E-state index in [0.29, 0.717) is 5.39 Å². The summed E-state index contributed by atoms with van der Waals surface area (Å²) in [5.41, 5.74) is 0.470. The van der Waals surface area contributed by atoms with Gasteiger partial charge >= 0.3 is 0 Å². The molecule has 0 radical (unpaired) electrons. The molecule has 1 amide bonds. The van der Waals surface area contributed by atoms with E-state index in [1.54, 1.807) is 6.07 Å². The molecule has 0 aliphatic heterocycles. The predicted octanol–water partition coefficient (Wildman–Crippen LogP) is 1.37. The van der Waals surface area contributed by atoms with Crippen molar-refractivity contribution in [1.82, 2.24) is 15.1 Å². The van der Waals surface area contributed by atoms with E-state index in [1.165, 1.54) is 4.68 Å². The molecule has 2 aromatic rings. The van der Waals surface area contributed by atoms with Crippen LogP contribution >= 0.6 is 0 Å². The lowest BCUT2D eigenvalue weighted by molar-refractivity contribution is -0.123. The van der Waals surface area contributed by atoms with Gasteiger partial charge in [0, 0.05) is 24.0 Å². The zero-order valence-corrected chi connectivity index (χ0v) is 13.9. The van der Waals surface area contributed by atoms with Crippen LogP contribution in [0.15, 0.2) is 29.1 Å². The average Bonchev–Trinajstić information content (AvgIpc) is 2.60. The van der Waals surface area contributed by atoms with E-state index in [9.17, 15) is 14.7 Å². The van der Waals surface area contributed by atoms with Gasteiger partial charge in [-0.15, -0.1) is 0 Å². The van der Waals surface area contributed by atoms with E-state index in [0.717, 1.165) is 36.8 Å². The van der Waals surface area contributed by atoms with E-state index in [4.69, 9.17) is 0 Å². The van der Waals surface area contributed by atoms with Gasteiger partial charge in [0.15, 0.2) is 0 Å². The number of hydrogen-bond acceptors (Lipinski definition) is 4. The van der Waals surface area contributed by atoms with Crippen LogP contribution in [0.1, 0.15) is 31.4 Å². The molecule has 6 heteroatoms. The monoisotopic (exact) mass is 329 g/mol. The van der Waals surface area contributed by atoms with Crippen molar-refractivity contribution in [3.05, 3.63) is 40.3 Å². The molecule has 2 unspecified atom stereocenters. The van der Waals surface area contributed by atoms with Crippen LogP contribution in [0, 0.1) is 12.8 Å². The lowest BCUT2D eigenvalue weighted by Gasteiger charge is -2.30. The maximum atomic E-state index is 12.5. The van der Waals surface area contributed by atoms with Crippen LogP contribution in [-0.4, -0.2) is 33.4 Å². The van der Waals surface area contributed by atoms with Gasteiger partial charge in [-0.3, -0.25) is 9.59 Å². The number of carbonyl (C=O) groups excluding carboxylic acids is 1. The summed E-state index contributed by atoms with van der Waals surface area (Å²) >= 11 is 0. The van der Waals surface area contributed by atoms with Gasteiger partial charge in [-0.05, 0) is 25.8 Å². The first-order chi connectivity index (χ1) is 11.6. The highest BCUT2D eigenvalue weighted by Gasteiger charge is 2.26. The maximum absolute atomic E-state index is 12.5. The molecule has 128 valence electrons. The minimum atomic E-state index is -0.256. The van der Waals surface area contributed by atoms with Crippen molar-refractivity contribution in [3.8, 4) is 0 Å². The Bertz CT molecular complexity index is 800. The molecule has 1 heterocycles. The van der Waals surface area contributed by atoms with Gasteiger partial charge in [-0.2, -0.15) is 5.10 Å². The van der Waals surface area contributed by atoms with Crippen LogP contribution in [-0.2, 0) is 11.3 Å². The lowest BCUT2D eigenvalue weighted by atomic mass is 9.85. The highest BCUT2D eigenvalue weighted by atomic mass is 16.3. The van der Waals surface area contributed by atoms with E-state index in [-0.39, 0.29) is 36.6 Å². The van der Waals surface area contributed by atoms with Crippen LogP contribution in [0.5, 0.6) is 0 Å². The number of rotatable bonds is 4. The first kappa shape index (κ1) is 16.6. The molecule has 0 bridgehead atoms. The molecule has 1 aliphatic carbocycles. The molecule has 0 saturated heterocycles. The Labute approximate surface area is 140 Å². The fourth-order valence-electron chi connectivity index (χ4n) is 3.52. The molecule has 2 N–H and O–H groups in total. The molecule has 1 fully saturated rings. The van der Waals surface area contributed by atoms with Crippen molar-refractivity contribution in [2.45, 2.75) is 45.2 Å². The number of amides is 1. The van der Waals surface area contributed by atoms with Crippen molar-refractivity contribution in [2.75, 3.05) is 6.61 Å². The lowest BCUT2D eigenvalue weighted by Crippen LogP contribution is -2.45. The zero-order valence-electron chi connectivity index (χ0n) is 13.9. The summed E-state index contributed by atoms with van der Waals surface area (Å²) in [6.45, 7) is 1.82. The third kappa shape index (κ3) is 3.33. The third-order valence-electron chi connectivity index (χ3n) is 4.84. The third-order valence-corrected chi connectivity index (χ3v) is 4.84. The van der Waals surface area contributed by atoms with Crippen LogP contribution in [0.3, 0.4) is 0 Å². The molecule has 3 rings (SSSR count). The van der Waals surface area contributed by atoms with Crippen LogP contribution < -0.4 is 10.9 Å². The number of aliphatic hydroxyl groups is 1. The predicted molar refractivity (Wildman–Crippen MR) is 91.7 cm³/mol. The fraction of sp³-hybridized carbons (Fsp3) is 0.500. The number of nitrogens with one attached hydrogen (secondary N) is 1. The maximum Gasteiger partial charge on any atom is 0.275 e. The minimum absolute atomic E-state index is 0.0199. The smallest absolute Gasteiger partial charge is 0.275 e. The summed E-state index contributed by atoms with van der Waals surface area (Å²) in [6.07, 6.45) is 3.93. The molecule has 24 heavy (non-hydrogen) atoms. The van der Waals surface area contributed by atoms with E-state index < -0.39 is 0 Å². The summed E-state index contributed by atoms with van der Waals surface area (Å²) in [5, 5.41) is 18.1. The Morgan fingerprint density at radius 1 is 1.29 bits per heavy atom. The summed E-state index contributed by atoms with van der Waals surface area (Å²) in [5.74, 6) is -0.129. The van der Waals surface area contributed by atoms with E-state index >= 15 is 0 Å². The van der Waals surface area contributed by atoms with E-state index in [2.05, 4.69) is 10.4 Å². The number of fused-ring (bicyclic) bond motifs is 1. The second-order valence-electron chi connectivity index (χ2n) is 6.49. The molecule has 6 nitrogen and oxygen atoms in total. The van der Waals surface area contributed by atoms with Gasteiger partial charge < -0.3 is 10.4 Å². The van der Waals surface area contributed by atoms with Crippen LogP contribution in [0.2, 0.25) is 0 Å². The molecule has 2 atom stereocenters. The van der Waals surface area contributed by atoms with Crippen molar-refractivity contribution < 1.29 is 9.90 Å². The normalized spacial score (nSPS) is 20.9. The molecule has 0 spiro atoms.